The van der Waals surface area contributed by atoms with Gasteiger partial charge in [0.1, 0.15) is 0 Å². The Morgan fingerprint density at radius 3 is 2.69 bits per heavy atom. The van der Waals surface area contributed by atoms with Crippen LogP contribution >= 0.6 is 11.6 Å². The van der Waals surface area contributed by atoms with Crippen LogP contribution in [0.2, 0.25) is 5.22 Å². The molecule has 0 saturated heterocycles. The van der Waals surface area contributed by atoms with Crippen LogP contribution < -0.4 is 11.3 Å². The van der Waals surface area contributed by atoms with E-state index in [4.69, 9.17) is 21.9 Å². The van der Waals surface area contributed by atoms with Gasteiger partial charge in [0.05, 0.1) is 12.3 Å². The van der Waals surface area contributed by atoms with E-state index in [1.165, 1.54) is 0 Å². The number of halogens is 1. The first kappa shape index (κ1) is 11.1. The molecule has 2 aromatic heterocycles. The molecule has 0 saturated carbocycles. The smallest absolute Gasteiger partial charge is 0.197 e. The van der Waals surface area contributed by atoms with E-state index in [1.54, 1.807) is 18.7 Å². The quantitative estimate of drug-likeness (QED) is 0.631. The van der Waals surface area contributed by atoms with E-state index in [1.807, 2.05) is 18.2 Å². The van der Waals surface area contributed by atoms with Crippen LogP contribution in [0.1, 0.15) is 17.2 Å². The van der Waals surface area contributed by atoms with Crippen LogP contribution in [0.4, 0.5) is 0 Å². The van der Waals surface area contributed by atoms with Crippen molar-refractivity contribution < 1.29 is 4.42 Å². The fraction of sp³-hybridized carbons (Fsp3) is 0.182. The minimum Gasteiger partial charge on any atom is -0.453 e. The summed E-state index contributed by atoms with van der Waals surface area (Å²) in [5.74, 6) is 5.51. The molecule has 0 amide bonds. The zero-order chi connectivity index (χ0) is 11.4. The molecule has 0 aliphatic heterocycles. The number of pyridine rings is 1. The zero-order valence-electron chi connectivity index (χ0n) is 8.56. The van der Waals surface area contributed by atoms with Gasteiger partial charge in [-0.1, -0.05) is 0 Å². The Hall–Kier alpha value is -1.36. The molecule has 5 heteroatoms. The molecule has 0 aromatic carbocycles. The predicted octanol–water partition coefficient (Wildman–Crippen LogP) is 2.08. The van der Waals surface area contributed by atoms with Crippen molar-refractivity contribution in [2.75, 3.05) is 0 Å². The lowest BCUT2D eigenvalue weighted by molar-refractivity contribution is 0.527. The third-order valence-electron chi connectivity index (χ3n) is 2.41. The van der Waals surface area contributed by atoms with Crippen molar-refractivity contribution in [3.63, 3.8) is 0 Å². The lowest BCUT2D eigenvalue weighted by Crippen LogP contribution is -2.29. The number of hydrogen-bond acceptors (Lipinski definition) is 4. The van der Waals surface area contributed by atoms with Crippen LogP contribution in [-0.4, -0.2) is 4.98 Å². The second kappa shape index (κ2) is 5.12. The first-order valence-electron chi connectivity index (χ1n) is 4.89. The molecule has 0 radical (unpaired) electrons. The molecule has 2 rings (SSSR count). The Kier molecular flexibility index (Phi) is 3.56. The lowest BCUT2D eigenvalue weighted by atomic mass is 10.0. The van der Waals surface area contributed by atoms with Crippen molar-refractivity contribution in [3.8, 4) is 0 Å². The molecule has 2 aromatic rings. The van der Waals surface area contributed by atoms with E-state index in [0.717, 1.165) is 17.5 Å². The van der Waals surface area contributed by atoms with Crippen molar-refractivity contribution >= 4 is 11.6 Å². The zero-order valence-corrected chi connectivity index (χ0v) is 9.32. The Balaban J connectivity index is 2.16. The molecule has 0 aliphatic rings. The minimum absolute atomic E-state index is 0.0614. The van der Waals surface area contributed by atoms with Gasteiger partial charge >= 0.3 is 0 Å². The summed E-state index contributed by atoms with van der Waals surface area (Å²) in [7, 11) is 0. The first-order valence-corrected chi connectivity index (χ1v) is 5.27. The van der Waals surface area contributed by atoms with Crippen LogP contribution in [0, 0.1) is 0 Å². The van der Waals surface area contributed by atoms with Crippen molar-refractivity contribution in [3.05, 3.63) is 53.2 Å². The molecule has 0 spiro atoms. The largest absolute Gasteiger partial charge is 0.453 e. The van der Waals surface area contributed by atoms with Crippen LogP contribution in [0.15, 0.2) is 41.3 Å². The number of nitrogens with two attached hydrogens (primary N) is 1. The molecule has 1 atom stereocenters. The van der Waals surface area contributed by atoms with Crippen LogP contribution in [0.25, 0.3) is 0 Å². The number of aromatic nitrogens is 1. The van der Waals surface area contributed by atoms with Crippen molar-refractivity contribution in [1.29, 1.82) is 0 Å². The average Bonchev–Trinajstić information content (AvgIpc) is 2.74. The summed E-state index contributed by atoms with van der Waals surface area (Å²) in [5.41, 5.74) is 4.73. The SMILES string of the molecule is NNC(Cc1ccncc1)c1ccoc1Cl. The van der Waals surface area contributed by atoms with Gasteiger partial charge in [-0.15, -0.1) is 0 Å². The van der Waals surface area contributed by atoms with E-state index in [2.05, 4.69) is 10.4 Å². The van der Waals surface area contributed by atoms with Gasteiger partial charge in [-0.3, -0.25) is 16.3 Å². The van der Waals surface area contributed by atoms with E-state index in [9.17, 15) is 0 Å². The maximum Gasteiger partial charge on any atom is 0.197 e. The Morgan fingerprint density at radius 2 is 2.12 bits per heavy atom. The molecule has 0 aliphatic carbocycles. The molecule has 16 heavy (non-hydrogen) atoms. The Bertz CT molecular complexity index is 444. The van der Waals surface area contributed by atoms with Gasteiger partial charge in [0.2, 0.25) is 0 Å². The highest BCUT2D eigenvalue weighted by Crippen LogP contribution is 2.25. The Morgan fingerprint density at radius 1 is 1.38 bits per heavy atom. The number of nitrogens with one attached hydrogen (secondary N) is 1. The summed E-state index contributed by atoms with van der Waals surface area (Å²) < 4.78 is 5.04. The predicted molar refractivity (Wildman–Crippen MR) is 61.7 cm³/mol. The summed E-state index contributed by atoms with van der Waals surface area (Å²) in [4.78, 5) is 3.96. The summed E-state index contributed by atoms with van der Waals surface area (Å²) >= 11 is 5.90. The van der Waals surface area contributed by atoms with Gasteiger partial charge in [-0.2, -0.15) is 0 Å². The van der Waals surface area contributed by atoms with E-state index < -0.39 is 0 Å². The molecular weight excluding hydrogens is 226 g/mol. The number of hydrogen-bond donors (Lipinski definition) is 2. The summed E-state index contributed by atoms with van der Waals surface area (Å²) in [6, 6.07) is 5.64. The van der Waals surface area contributed by atoms with Gasteiger partial charge in [-0.05, 0) is 41.8 Å². The number of hydrazine groups is 1. The molecule has 84 valence electrons. The second-order valence-corrected chi connectivity index (χ2v) is 3.77. The molecule has 1 unspecified atom stereocenters. The molecule has 0 fully saturated rings. The van der Waals surface area contributed by atoms with Crippen LogP contribution in [0.5, 0.6) is 0 Å². The van der Waals surface area contributed by atoms with E-state index in [-0.39, 0.29) is 6.04 Å². The standard InChI is InChI=1S/C11H12ClN3O/c12-11-9(3-6-16-11)10(15-13)7-8-1-4-14-5-2-8/h1-6,10,15H,7,13H2. The summed E-state index contributed by atoms with van der Waals surface area (Å²) in [5, 5.41) is 0.372. The minimum atomic E-state index is -0.0614. The maximum atomic E-state index is 5.90. The third-order valence-corrected chi connectivity index (χ3v) is 2.72. The van der Waals surface area contributed by atoms with E-state index in [0.29, 0.717) is 5.22 Å². The molecule has 4 nitrogen and oxygen atoms in total. The highest BCUT2D eigenvalue weighted by molar-refractivity contribution is 6.29. The molecule has 0 bridgehead atoms. The molecule has 3 N–H and O–H groups in total. The topological polar surface area (TPSA) is 64.1 Å². The summed E-state index contributed by atoms with van der Waals surface area (Å²) in [6.07, 6.45) is 5.78. The first-order chi connectivity index (χ1) is 7.81. The van der Waals surface area contributed by atoms with Crippen molar-refractivity contribution in [2.45, 2.75) is 12.5 Å². The lowest BCUT2D eigenvalue weighted by Gasteiger charge is -2.14. The number of nitrogens with zero attached hydrogens (tertiary/aromatic N) is 1. The third kappa shape index (κ3) is 2.41. The number of furan rings is 1. The van der Waals surface area contributed by atoms with Gasteiger partial charge in [-0.25, -0.2) is 0 Å². The van der Waals surface area contributed by atoms with Crippen molar-refractivity contribution in [2.24, 2.45) is 5.84 Å². The highest BCUT2D eigenvalue weighted by Gasteiger charge is 2.15. The van der Waals surface area contributed by atoms with Gasteiger partial charge in [0, 0.05) is 18.0 Å². The fourth-order valence-electron chi connectivity index (χ4n) is 1.57. The molecule has 2 heterocycles. The maximum absolute atomic E-state index is 5.90. The fourth-order valence-corrected chi connectivity index (χ4v) is 1.81. The monoisotopic (exact) mass is 237 g/mol. The van der Waals surface area contributed by atoms with Gasteiger partial charge in [0.25, 0.3) is 0 Å². The van der Waals surface area contributed by atoms with Gasteiger partial charge < -0.3 is 4.42 Å². The number of rotatable bonds is 4. The van der Waals surface area contributed by atoms with Crippen LogP contribution in [0.3, 0.4) is 0 Å². The van der Waals surface area contributed by atoms with E-state index >= 15 is 0 Å². The average molecular weight is 238 g/mol. The van der Waals surface area contributed by atoms with Crippen molar-refractivity contribution in [1.82, 2.24) is 10.4 Å². The summed E-state index contributed by atoms with van der Waals surface area (Å²) in [6.45, 7) is 0. The molecular formula is C11H12ClN3O. The van der Waals surface area contributed by atoms with Crippen LogP contribution in [-0.2, 0) is 6.42 Å². The van der Waals surface area contributed by atoms with Gasteiger partial charge in [0.15, 0.2) is 5.22 Å². The normalized spacial score (nSPS) is 12.6. The Labute approximate surface area is 98.4 Å². The highest BCUT2D eigenvalue weighted by atomic mass is 35.5. The second-order valence-electron chi connectivity index (χ2n) is 3.43.